The molecule has 1 aliphatic carbocycles. The zero-order valence-corrected chi connectivity index (χ0v) is 11.8. The summed E-state index contributed by atoms with van der Waals surface area (Å²) in [6, 6.07) is 4.05. The maximum atomic E-state index is 6.14. The number of fused-ring (bicyclic) bond motifs is 1. The summed E-state index contributed by atoms with van der Waals surface area (Å²) in [5.74, 6) is 1.88. The summed E-state index contributed by atoms with van der Waals surface area (Å²) >= 11 is 6.14. The van der Waals surface area contributed by atoms with Crippen LogP contribution in [-0.4, -0.2) is 13.2 Å². The number of hydrogen-bond acceptors (Lipinski definition) is 2. The van der Waals surface area contributed by atoms with E-state index in [4.69, 9.17) is 16.3 Å². The molecule has 1 aromatic carbocycles. The highest BCUT2D eigenvalue weighted by molar-refractivity contribution is 6.30. The molecular weight excluding hydrogens is 246 g/mol. The number of halogens is 1. The molecule has 1 fully saturated rings. The van der Waals surface area contributed by atoms with Crippen LogP contribution in [-0.2, 0) is 13.0 Å². The number of nitrogens with one attached hydrogen (secondary N) is 1. The Kier molecular flexibility index (Phi) is 3.03. The summed E-state index contributed by atoms with van der Waals surface area (Å²) in [6.45, 7) is 7.40. The first-order valence-electron chi connectivity index (χ1n) is 6.71. The van der Waals surface area contributed by atoms with Gasteiger partial charge in [-0.2, -0.15) is 0 Å². The first-order chi connectivity index (χ1) is 8.56. The molecular formula is C15H20ClNO. The summed E-state index contributed by atoms with van der Waals surface area (Å²) in [6.07, 6.45) is 2.32. The van der Waals surface area contributed by atoms with Crippen LogP contribution in [0, 0.1) is 11.3 Å². The first kappa shape index (κ1) is 12.3. The topological polar surface area (TPSA) is 21.3 Å². The van der Waals surface area contributed by atoms with Gasteiger partial charge in [-0.05, 0) is 42.0 Å². The van der Waals surface area contributed by atoms with E-state index in [1.54, 1.807) is 0 Å². The van der Waals surface area contributed by atoms with Gasteiger partial charge < -0.3 is 10.1 Å². The van der Waals surface area contributed by atoms with Crippen molar-refractivity contribution in [1.29, 1.82) is 0 Å². The van der Waals surface area contributed by atoms with Gasteiger partial charge in [0.05, 0.1) is 6.61 Å². The zero-order chi connectivity index (χ0) is 12.8. The minimum Gasteiger partial charge on any atom is -0.493 e. The van der Waals surface area contributed by atoms with Crippen molar-refractivity contribution in [1.82, 2.24) is 5.32 Å². The van der Waals surface area contributed by atoms with Gasteiger partial charge in [-0.3, -0.25) is 0 Å². The molecule has 2 aliphatic rings. The largest absolute Gasteiger partial charge is 0.493 e. The zero-order valence-electron chi connectivity index (χ0n) is 11.1. The molecule has 0 aromatic heterocycles. The van der Waals surface area contributed by atoms with Crippen molar-refractivity contribution in [3.8, 4) is 5.75 Å². The van der Waals surface area contributed by atoms with E-state index in [-0.39, 0.29) is 0 Å². The Morgan fingerprint density at radius 2 is 2.22 bits per heavy atom. The molecule has 0 spiro atoms. The van der Waals surface area contributed by atoms with Gasteiger partial charge in [-0.1, -0.05) is 25.4 Å². The molecule has 0 amide bonds. The quantitative estimate of drug-likeness (QED) is 0.901. The Labute approximate surface area is 114 Å². The van der Waals surface area contributed by atoms with E-state index in [9.17, 15) is 0 Å². The van der Waals surface area contributed by atoms with Crippen LogP contribution in [0.5, 0.6) is 5.75 Å². The van der Waals surface area contributed by atoms with Gasteiger partial charge in [0, 0.05) is 23.6 Å². The van der Waals surface area contributed by atoms with Crippen LogP contribution in [0.3, 0.4) is 0 Å². The Bertz CT molecular complexity index is 470. The molecule has 18 heavy (non-hydrogen) atoms. The van der Waals surface area contributed by atoms with Gasteiger partial charge in [0.15, 0.2) is 0 Å². The molecule has 2 nitrogen and oxygen atoms in total. The third-order valence-electron chi connectivity index (χ3n) is 4.25. The molecule has 1 heterocycles. The minimum absolute atomic E-state index is 0.541. The molecule has 0 radical (unpaired) electrons. The maximum absolute atomic E-state index is 6.14. The van der Waals surface area contributed by atoms with Gasteiger partial charge in [0.1, 0.15) is 5.75 Å². The molecule has 1 saturated carbocycles. The highest BCUT2D eigenvalue weighted by Crippen LogP contribution is 2.51. The highest BCUT2D eigenvalue weighted by atomic mass is 35.5. The smallest absolute Gasteiger partial charge is 0.127 e. The molecule has 3 heteroatoms. The van der Waals surface area contributed by atoms with E-state index in [1.165, 1.54) is 17.5 Å². The molecule has 0 bridgehead atoms. The third-order valence-corrected chi connectivity index (χ3v) is 4.47. The van der Waals surface area contributed by atoms with Gasteiger partial charge in [-0.15, -0.1) is 0 Å². The second-order valence-electron chi connectivity index (χ2n) is 6.17. The van der Waals surface area contributed by atoms with E-state index in [0.29, 0.717) is 5.41 Å². The van der Waals surface area contributed by atoms with Crippen molar-refractivity contribution >= 4 is 11.6 Å². The van der Waals surface area contributed by atoms with Crippen LogP contribution in [0.4, 0.5) is 0 Å². The second-order valence-corrected chi connectivity index (χ2v) is 6.61. The lowest BCUT2D eigenvalue weighted by Gasteiger charge is -2.11. The fourth-order valence-electron chi connectivity index (χ4n) is 2.78. The van der Waals surface area contributed by atoms with Crippen molar-refractivity contribution in [2.45, 2.75) is 33.2 Å². The normalized spacial score (nSPS) is 23.6. The van der Waals surface area contributed by atoms with Crippen LogP contribution in [0.25, 0.3) is 0 Å². The lowest BCUT2D eigenvalue weighted by molar-refractivity contribution is 0.352. The molecule has 3 rings (SSSR count). The number of hydrogen-bond donors (Lipinski definition) is 1. The Balaban J connectivity index is 1.63. The van der Waals surface area contributed by atoms with Crippen LogP contribution in [0.1, 0.15) is 31.4 Å². The molecule has 1 unspecified atom stereocenters. The highest BCUT2D eigenvalue weighted by Gasteiger charge is 2.44. The van der Waals surface area contributed by atoms with Crippen molar-refractivity contribution in [3.05, 3.63) is 28.3 Å². The predicted octanol–water partition coefficient (Wildman–Crippen LogP) is 3.41. The van der Waals surface area contributed by atoms with E-state index >= 15 is 0 Å². The van der Waals surface area contributed by atoms with Gasteiger partial charge in [-0.25, -0.2) is 0 Å². The second kappa shape index (κ2) is 4.43. The van der Waals surface area contributed by atoms with Crippen molar-refractivity contribution < 1.29 is 4.74 Å². The monoisotopic (exact) mass is 265 g/mol. The lowest BCUT2D eigenvalue weighted by Crippen LogP contribution is -2.18. The third kappa shape index (κ3) is 2.36. The molecule has 1 aromatic rings. The minimum atomic E-state index is 0.541. The Morgan fingerprint density at radius 1 is 1.44 bits per heavy atom. The standard InChI is InChI=1S/C15H20ClNO/c1-15(2)7-12(15)9-17-8-11-6-13(16)5-10-3-4-18-14(10)11/h5-6,12,17H,3-4,7-9H2,1-2H3. The Morgan fingerprint density at radius 3 is 2.94 bits per heavy atom. The summed E-state index contributed by atoms with van der Waals surface area (Å²) in [7, 11) is 0. The summed E-state index contributed by atoms with van der Waals surface area (Å²) < 4.78 is 5.70. The van der Waals surface area contributed by atoms with Gasteiger partial charge >= 0.3 is 0 Å². The summed E-state index contributed by atoms with van der Waals surface area (Å²) in [5, 5.41) is 4.36. The van der Waals surface area contributed by atoms with E-state index in [1.807, 2.05) is 12.1 Å². The number of rotatable bonds is 4. The van der Waals surface area contributed by atoms with E-state index in [2.05, 4.69) is 19.2 Å². The SMILES string of the molecule is CC1(C)CC1CNCc1cc(Cl)cc2c1OCC2. The van der Waals surface area contributed by atoms with E-state index < -0.39 is 0 Å². The average Bonchev–Trinajstić information content (AvgIpc) is 2.74. The molecule has 1 N–H and O–H groups in total. The van der Waals surface area contributed by atoms with Crippen LogP contribution in [0.2, 0.25) is 5.02 Å². The van der Waals surface area contributed by atoms with Crippen molar-refractivity contribution in [2.75, 3.05) is 13.2 Å². The van der Waals surface area contributed by atoms with Crippen LogP contribution < -0.4 is 10.1 Å². The lowest BCUT2D eigenvalue weighted by atomic mass is 10.1. The van der Waals surface area contributed by atoms with Gasteiger partial charge in [0.25, 0.3) is 0 Å². The fourth-order valence-corrected chi connectivity index (χ4v) is 3.05. The van der Waals surface area contributed by atoms with E-state index in [0.717, 1.165) is 42.8 Å². The first-order valence-corrected chi connectivity index (χ1v) is 7.09. The predicted molar refractivity (Wildman–Crippen MR) is 74.2 cm³/mol. The fraction of sp³-hybridized carbons (Fsp3) is 0.600. The van der Waals surface area contributed by atoms with Crippen molar-refractivity contribution in [2.24, 2.45) is 11.3 Å². The summed E-state index contributed by atoms with van der Waals surface area (Å²) in [5.41, 5.74) is 3.00. The van der Waals surface area contributed by atoms with Gasteiger partial charge in [0.2, 0.25) is 0 Å². The van der Waals surface area contributed by atoms with Crippen molar-refractivity contribution in [3.63, 3.8) is 0 Å². The molecule has 1 atom stereocenters. The molecule has 98 valence electrons. The number of ether oxygens (including phenoxy) is 1. The molecule has 0 saturated heterocycles. The maximum Gasteiger partial charge on any atom is 0.127 e. The number of benzene rings is 1. The summed E-state index contributed by atoms with van der Waals surface area (Å²) in [4.78, 5) is 0. The molecule has 1 aliphatic heterocycles. The van der Waals surface area contributed by atoms with Crippen LogP contribution in [0.15, 0.2) is 12.1 Å². The Hall–Kier alpha value is -0.730. The average molecular weight is 266 g/mol. The van der Waals surface area contributed by atoms with Crippen LogP contribution >= 0.6 is 11.6 Å².